The molecule has 1 fully saturated rings. The summed E-state index contributed by atoms with van der Waals surface area (Å²) in [5, 5.41) is 17.6. The van der Waals surface area contributed by atoms with E-state index >= 15 is 0 Å². The van der Waals surface area contributed by atoms with Gasteiger partial charge in [-0.05, 0) is 55.4 Å². The molecule has 1 aliphatic heterocycles. The highest BCUT2D eigenvalue weighted by Gasteiger charge is 2.31. The second-order valence-electron chi connectivity index (χ2n) is 8.66. The van der Waals surface area contributed by atoms with Crippen LogP contribution in [0.5, 0.6) is 0 Å². The maximum Gasteiger partial charge on any atom is 0.356 e. The molecule has 2 amide bonds. The van der Waals surface area contributed by atoms with Crippen LogP contribution < -0.4 is 5.32 Å². The topological polar surface area (TPSA) is 117 Å². The molecule has 0 saturated heterocycles. The van der Waals surface area contributed by atoms with Gasteiger partial charge in [-0.25, -0.2) is 24.1 Å². The molecular weight excluding hydrogens is 446 g/mol. The number of carbonyl (C=O) groups is 2. The van der Waals surface area contributed by atoms with Gasteiger partial charge in [0.1, 0.15) is 0 Å². The Morgan fingerprint density at radius 2 is 2.00 bits per heavy atom. The molecule has 0 bridgehead atoms. The van der Waals surface area contributed by atoms with Gasteiger partial charge in [0.2, 0.25) is 6.08 Å². The van der Waals surface area contributed by atoms with Crippen LogP contribution in [0.4, 0.5) is 4.79 Å². The number of halogens is 1. The number of benzene rings is 1. The summed E-state index contributed by atoms with van der Waals surface area (Å²) in [5.41, 5.74) is 2.04. The van der Waals surface area contributed by atoms with E-state index in [9.17, 15) is 19.5 Å². The fourth-order valence-corrected chi connectivity index (χ4v) is 4.95. The molecule has 2 heterocycles. The average Bonchev–Trinajstić information content (AvgIpc) is 3.21. The van der Waals surface area contributed by atoms with Gasteiger partial charge in [0, 0.05) is 30.1 Å². The summed E-state index contributed by atoms with van der Waals surface area (Å²) in [5.74, 6) is -0.416. The van der Waals surface area contributed by atoms with Gasteiger partial charge in [0.15, 0.2) is 5.69 Å². The van der Waals surface area contributed by atoms with Crippen LogP contribution in [0, 0.1) is 11.8 Å². The molecule has 2 unspecified atom stereocenters. The van der Waals surface area contributed by atoms with Crippen LogP contribution >= 0.6 is 11.6 Å². The quantitative estimate of drug-likeness (QED) is 0.494. The largest absolute Gasteiger partial charge is 0.476 e. The lowest BCUT2D eigenvalue weighted by Crippen LogP contribution is -2.45. The van der Waals surface area contributed by atoms with Crippen LogP contribution in [-0.2, 0) is 17.8 Å². The Labute approximate surface area is 196 Å². The number of nitrogens with one attached hydrogen (secondary N) is 1. The van der Waals surface area contributed by atoms with Gasteiger partial charge in [0.25, 0.3) is 0 Å². The number of aromatic nitrogens is 2. The zero-order valence-electron chi connectivity index (χ0n) is 18.2. The molecule has 1 saturated carbocycles. The fraction of sp³-hybridized carbons (Fsp3) is 0.478. The monoisotopic (exact) mass is 471 g/mol. The van der Waals surface area contributed by atoms with Crippen LogP contribution in [-0.4, -0.2) is 57.5 Å². The first-order chi connectivity index (χ1) is 16.0. The Morgan fingerprint density at radius 3 is 2.73 bits per heavy atom. The van der Waals surface area contributed by atoms with Gasteiger partial charge in [-0.3, -0.25) is 0 Å². The van der Waals surface area contributed by atoms with Gasteiger partial charge < -0.3 is 15.3 Å². The summed E-state index contributed by atoms with van der Waals surface area (Å²) in [6, 6.07) is 6.84. The highest BCUT2D eigenvalue weighted by Crippen LogP contribution is 2.29. The van der Waals surface area contributed by atoms with Gasteiger partial charge >= 0.3 is 12.0 Å². The molecule has 9 nitrogen and oxygen atoms in total. The number of urea groups is 1. The molecule has 2 aromatic rings. The molecule has 0 radical (unpaired) electrons. The lowest BCUT2D eigenvalue weighted by atomic mass is 9.81. The number of isocyanates is 1. The molecule has 10 heteroatoms. The van der Waals surface area contributed by atoms with E-state index in [2.05, 4.69) is 15.4 Å². The molecule has 1 aromatic heterocycles. The van der Waals surface area contributed by atoms with Crippen molar-refractivity contribution in [3.05, 3.63) is 46.2 Å². The van der Waals surface area contributed by atoms with Crippen molar-refractivity contribution in [2.45, 2.75) is 38.6 Å². The zero-order chi connectivity index (χ0) is 23.4. The van der Waals surface area contributed by atoms with Crippen LogP contribution in [0.15, 0.2) is 29.3 Å². The summed E-state index contributed by atoms with van der Waals surface area (Å²) in [7, 11) is 0. The van der Waals surface area contributed by atoms with E-state index in [1.54, 1.807) is 39.9 Å². The van der Waals surface area contributed by atoms with Gasteiger partial charge in [-0.1, -0.05) is 18.0 Å². The number of hydrogen-bond acceptors (Lipinski definition) is 5. The number of carboxylic acid groups (broad SMARTS) is 1. The minimum absolute atomic E-state index is 0.0386. The maximum absolute atomic E-state index is 12.9. The SMILES string of the molecule is O=C=NCC1CCCC(CNC(=O)N2CCc3c(c(C(=O)O)nn3-c3ccc(Cl)cc3)C2)C1. The highest BCUT2D eigenvalue weighted by atomic mass is 35.5. The smallest absolute Gasteiger partial charge is 0.356 e. The Bertz CT molecular complexity index is 1080. The van der Waals surface area contributed by atoms with E-state index in [1.165, 1.54) is 0 Å². The van der Waals surface area contributed by atoms with Crippen molar-refractivity contribution in [2.24, 2.45) is 16.8 Å². The zero-order valence-corrected chi connectivity index (χ0v) is 18.9. The van der Waals surface area contributed by atoms with Crippen molar-refractivity contribution >= 4 is 29.7 Å². The summed E-state index contributed by atoms with van der Waals surface area (Å²) in [6.07, 6.45) is 6.15. The lowest BCUT2D eigenvalue weighted by molar-refractivity contribution is 0.0687. The molecule has 2 N–H and O–H groups in total. The molecular formula is C23H26ClN5O4. The van der Waals surface area contributed by atoms with Crippen molar-refractivity contribution in [2.75, 3.05) is 19.6 Å². The second kappa shape index (κ2) is 10.2. The van der Waals surface area contributed by atoms with Gasteiger partial charge in [-0.15, -0.1) is 0 Å². The number of nitrogens with zero attached hydrogens (tertiary/aromatic N) is 4. The highest BCUT2D eigenvalue weighted by molar-refractivity contribution is 6.30. The summed E-state index contributed by atoms with van der Waals surface area (Å²) in [6.45, 7) is 1.72. The third-order valence-corrected chi connectivity index (χ3v) is 6.72. The van der Waals surface area contributed by atoms with Crippen molar-refractivity contribution in [3.63, 3.8) is 0 Å². The number of amides is 2. The first-order valence-electron chi connectivity index (χ1n) is 11.1. The first kappa shape index (κ1) is 23.0. The molecule has 2 aliphatic rings. The predicted molar refractivity (Wildman–Crippen MR) is 121 cm³/mol. The molecule has 174 valence electrons. The second-order valence-corrected chi connectivity index (χ2v) is 9.09. The normalized spacial score (nSPS) is 20.0. The number of aliphatic imine (C=N–C) groups is 1. The number of carbonyl (C=O) groups excluding carboxylic acids is 2. The molecule has 0 spiro atoms. The molecule has 4 rings (SSSR count). The number of carboxylic acids is 1. The minimum Gasteiger partial charge on any atom is -0.476 e. The van der Waals surface area contributed by atoms with E-state index in [0.717, 1.165) is 37.1 Å². The Morgan fingerprint density at radius 1 is 1.24 bits per heavy atom. The Hall–Kier alpha value is -3.16. The van der Waals surface area contributed by atoms with E-state index < -0.39 is 5.97 Å². The lowest BCUT2D eigenvalue weighted by Gasteiger charge is -2.31. The minimum atomic E-state index is -1.12. The van der Waals surface area contributed by atoms with E-state index in [4.69, 9.17) is 11.6 Å². The van der Waals surface area contributed by atoms with Crippen LogP contribution in [0.2, 0.25) is 5.02 Å². The van der Waals surface area contributed by atoms with Crippen LogP contribution in [0.3, 0.4) is 0 Å². The van der Waals surface area contributed by atoms with E-state index in [1.807, 2.05) is 0 Å². The maximum atomic E-state index is 12.9. The standard InChI is InChI=1S/C23H26ClN5O4/c24-17-4-6-18(7-5-17)29-20-8-9-28(13-19(20)21(27-29)22(31)32)23(33)26-12-16-3-1-2-15(10-16)11-25-14-30/h4-7,15-16H,1-3,8-13H2,(H,26,33)(H,31,32). The molecule has 1 aromatic carbocycles. The number of hydrogen-bond donors (Lipinski definition) is 2. The first-order valence-corrected chi connectivity index (χ1v) is 11.5. The third kappa shape index (κ3) is 5.26. The molecule has 1 aliphatic carbocycles. The van der Waals surface area contributed by atoms with Crippen molar-refractivity contribution in [1.29, 1.82) is 0 Å². The van der Waals surface area contributed by atoms with Crippen molar-refractivity contribution < 1.29 is 19.5 Å². The molecule has 2 atom stereocenters. The number of aromatic carboxylic acids is 1. The van der Waals surface area contributed by atoms with E-state index in [-0.39, 0.29) is 18.3 Å². The summed E-state index contributed by atoms with van der Waals surface area (Å²) >= 11 is 5.97. The van der Waals surface area contributed by atoms with E-state index in [0.29, 0.717) is 48.5 Å². The van der Waals surface area contributed by atoms with Crippen LogP contribution in [0.25, 0.3) is 5.69 Å². The fourth-order valence-electron chi connectivity index (χ4n) is 4.82. The average molecular weight is 472 g/mol. The van der Waals surface area contributed by atoms with Gasteiger partial charge in [-0.2, -0.15) is 5.10 Å². The molecule has 33 heavy (non-hydrogen) atoms. The Kier molecular flexibility index (Phi) is 7.11. The summed E-state index contributed by atoms with van der Waals surface area (Å²) in [4.78, 5) is 40.4. The third-order valence-electron chi connectivity index (χ3n) is 6.47. The summed E-state index contributed by atoms with van der Waals surface area (Å²) < 4.78 is 1.63. The van der Waals surface area contributed by atoms with Gasteiger partial charge in [0.05, 0.1) is 24.5 Å². The van der Waals surface area contributed by atoms with Crippen molar-refractivity contribution in [3.8, 4) is 5.69 Å². The number of fused-ring (bicyclic) bond motifs is 1. The van der Waals surface area contributed by atoms with Crippen molar-refractivity contribution in [1.82, 2.24) is 20.0 Å². The number of rotatable bonds is 6. The van der Waals surface area contributed by atoms with Crippen LogP contribution in [0.1, 0.15) is 47.4 Å². The predicted octanol–water partition coefficient (Wildman–Crippen LogP) is 3.43. The Balaban J connectivity index is 1.43.